The van der Waals surface area contributed by atoms with E-state index in [0.29, 0.717) is 0 Å². The second-order valence-corrected chi connectivity index (χ2v) is 10.5. The predicted octanol–water partition coefficient (Wildman–Crippen LogP) is 7.50. The molecule has 2 aromatic rings. The second kappa shape index (κ2) is 17.1. The molecule has 2 atom stereocenters. The first-order chi connectivity index (χ1) is 18.7. The summed E-state index contributed by atoms with van der Waals surface area (Å²) in [4.78, 5) is 12.5. The van der Waals surface area contributed by atoms with Crippen molar-refractivity contribution in [3.8, 4) is 11.1 Å². The number of hydrogen-bond acceptors (Lipinski definition) is 4. The molecule has 0 bridgehead atoms. The molecule has 3 rings (SSSR count). The van der Waals surface area contributed by atoms with Crippen LogP contribution in [0.3, 0.4) is 0 Å². The van der Waals surface area contributed by atoms with E-state index in [9.17, 15) is 15.0 Å². The van der Waals surface area contributed by atoms with Crippen LogP contribution in [0.1, 0.15) is 101 Å². The number of allylic oxidation sites excluding steroid dienone is 1. The molecule has 1 aliphatic rings. The van der Waals surface area contributed by atoms with Gasteiger partial charge >= 0.3 is 6.09 Å². The molecule has 3 N–H and O–H groups in total. The number of fused-ring (bicyclic) bond motifs is 3. The zero-order valence-electron chi connectivity index (χ0n) is 23.1. The molecule has 0 aliphatic heterocycles. The van der Waals surface area contributed by atoms with E-state index < -0.39 is 18.2 Å². The number of hydrogen-bond donors (Lipinski definition) is 3. The van der Waals surface area contributed by atoms with Gasteiger partial charge in [0.15, 0.2) is 0 Å². The van der Waals surface area contributed by atoms with Gasteiger partial charge in [0.1, 0.15) is 6.61 Å². The fraction of sp³-hybridized carbons (Fsp3) is 0.545. The van der Waals surface area contributed by atoms with Crippen LogP contribution in [-0.2, 0) is 4.74 Å². The van der Waals surface area contributed by atoms with Crippen LogP contribution in [0.4, 0.5) is 4.79 Å². The average molecular weight is 522 g/mol. The van der Waals surface area contributed by atoms with Gasteiger partial charge in [0.05, 0.1) is 18.8 Å². The first-order valence-corrected chi connectivity index (χ1v) is 14.7. The number of carbonyl (C=O) groups excluding carboxylic acids is 1. The minimum absolute atomic E-state index is 0.0312. The molecule has 0 aromatic heterocycles. The van der Waals surface area contributed by atoms with Crippen LogP contribution in [0, 0.1) is 0 Å². The highest BCUT2D eigenvalue weighted by molar-refractivity contribution is 5.79. The number of aliphatic hydroxyl groups is 2. The summed E-state index contributed by atoms with van der Waals surface area (Å²) in [5, 5.41) is 22.8. The normalized spacial score (nSPS) is 14.3. The smallest absolute Gasteiger partial charge is 0.407 e. The van der Waals surface area contributed by atoms with Crippen molar-refractivity contribution in [2.24, 2.45) is 0 Å². The summed E-state index contributed by atoms with van der Waals surface area (Å²) in [6.45, 7) is 2.09. The number of alkyl carbamates (subject to hydrolysis) is 1. The molecule has 0 unspecified atom stereocenters. The van der Waals surface area contributed by atoms with E-state index in [1.54, 1.807) is 6.08 Å². The van der Waals surface area contributed by atoms with Crippen LogP contribution in [0.5, 0.6) is 0 Å². The number of carbonyl (C=O) groups is 1. The monoisotopic (exact) mass is 521 g/mol. The molecule has 5 heteroatoms. The Morgan fingerprint density at radius 3 is 1.95 bits per heavy atom. The van der Waals surface area contributed by atoms with Crippen LogP contribution in [-0.4, -0.2) is 41.7 Å². The van der Waals surface area contributed by atoms with Crippen LogP contribution in [0.25, 0.3) is 11.1 Å². The zero-order chi connectivity index (χ0) is 27.0. The van der Waals surface area contributed by atoms with E-state index in [4.69, 9.17) is 4.74 Å². The van der Waals surface area contributed by atoms with Gasteiger partial charge in [-0.15, -0.1) is 0 Å². The number of aliphatic hydroxyl groups excluding tert-OH is 2. The quantitative estimate of drug-likeness (QED) is 0.140. The van der Waals surface area contributed by atoms with Gasteiger partial charge in [0.25, 0.3) is 0 Å². The molecule has 1 amide bonds. The molecule has 38 heavy (non-hydrogen) atoms. The fourth-order valence-electron chi connectivity index (χ4n) is 5.33. The van der Waals surface area contributed by atoms with Gasteiger partial charge in [0, 0.05) is 5.92 Å². The summed E-state index contributed by atoms with van der Waals surface area (Å²) in [5.74, 6) is -0.0312. The molecule has 2 aromatic carbocycles. The number of rotatable bonds is 18. The van der Waals surface area contributed by atoms with Crippen molar-refractivity contribution in [1.29, 1.82) is 0 Å². The Morgan fingerprint density at radius 1 is 0.868 bits per heavy atom. The number of nitrogens with one attached hydrogen (secondary N) is 1. The summed E-state index contributed by atoms with van der Waals surface area (Å²) >= 11 is 0. The molecule has 0 heterocycles. The lowest BCUT2D eigenvalue weighted by Crippen LogP contribution is -2.45. The van der Waals surface area contributed by atoms with Crippen molar-refractivity contribution >= 4 is 6.09 Å². The lowest BCUT2D eigenvalue weighted by Gasteiger charge is -2.21. The molecule has 0 spiro atoms. The molecule has 208 valence electrons. The Morgan fingerprint density at radius 2 is 1.39 bits per heavy atom. The maximum Gasteiger partial charge on any atom is 0.407 e. The highest BCUT2D eigenvalue weighted by Gasteiger charge is 2.29. The molecule has 1 aliphatic carbocycles. The number of benzene rings is 2. The summed E-state index contributed by atoms with van der Waals surface area (Å²) < 4.78 is 5.55. The van der Waals surface area contributed by atoms with Gasteiger partial charge < -0.3 is 20.3 Å². The SMILES string of the molecule is CCCCCCCCCCCCC/C=C/[C@H](O)[C@H](CO)NC(=O)OCC1c2ccccc2-c2ccccc21. The molecule has 0 saturated heterocycles. The maximum atomic E-state index is 12.5. The number of ether oxygens (including phenoxy) is 1. The Hall–Kier alpha value is -2.63. The van der Waals surface area contributed by atoms with Crippen LogP contribution < -0.4 is 5.32 Å². The van der Waals surface area contributed by atoms with Crippen molar-refractivity contribution in [3.63, 3.8) is 0 Å². The zero-order valence-corrected chi connectivity index (χ0v) is 23.1. The molecular weight excluding hydrogens is 474 g/mol. The highest BCUT2D eigenvalue weighted by Crippen LogP contribution is 2.44. The van der Waals surface area contributed by atoms with Crippen molar-refractivity contribution in [2.45, 2.75) is 102 Å². The summed E-state index contributed by atoms with van der Waals surface area (Å²) in [6, 6.07) is 15.6. The average Bonchev–Trinajstić information content (AvgIpc) is 3.26. The van der Waals surface area contributed by atoms with Crippen LogP contribution >= 0.6 is 0 Å². The second-order valence-electron chi connectivity index (χ2n) is 10.5. The number of unbranched alkanes of at least 4 members (excludes halogenated alkanes) is 11. The van der Waals surface area contributed by atoms with E-state index in [2.05, 4.69) is 36.5 Å². The molecular formula is C33H47NO4. The van der Waals surface area contributed by atoms with Crippen molar-refractivity contribution in [1.82, 2.24) is 5.32 Å². The summed E-state index contributed by atoms with van der Waals surface area (Å²) in [7, 11) is 0. The van der Waals surface area contributed by atoms with E-state index in [-0.39, 0.29) is 19.1 Å². The van der Waals surface area contributed by atoms with Gasteiger partial charge in [-0.2, -0.15) is 0 Å². The first-order valence-electron chi connectivity index (χ1n) is 14.7. The van der Waals surface area contributed by atoms with E-state index in [1.165, 1.54) is 75.3 Å². The Labute approximate surface area is 229 Å². The van der Waals surface area contributed by atoms with Gasteiger partial charge in [-0.05, 0) is 35.1 Å². The highest BCUT2D eigenvalue weighted by atomic mass is 16.5. The molecule has 0 saturated carbocycles. The van der Waals surface area contributed by atoms with Crippen LogP contribution in [0.2, 0.25) is 0 Å². The van der Waals surface area contributed by atoms with E-state index >= 15 is 0 Å². The van der Waals surface area contributed by atoms with Crippen LogP contribution in [0.15, 0.2) is 60.7 Å². The standard InChI is InChI=1S/C33H47NO4/c1-2-3-4-5-6-7-8-9-10-11-12-13-14-23-32(36)31(24-35)34-33(37)38-25-30-28-21-17-15-19-26(28)27-20-16-18-22-29(27)30/h14-23,30-32,35-36H,2-13,24-25H2,1H3,(H,34,37)/b23-14+/t31-,32-/m0/s1. The minimum atomic E-state index is -0.965. The molecule has 0 radical (unpaired) electrons. The third-order valence-electron chi connectivity index (χ3n) is 7.56. The third-order valence-corrected chi connectivity index (χ3v) is 7.56. The molecule has 0 fully saturated rings. The first kappa shape index (κ1) is 29.9. The van der Waals surface area contributed by atoms with Gasteiger partial charge in [-0.3, -0.25) is 0 Å². The minimum Gasteiger partial charge on any atom is -0.449 e. The Kier molecular flexibility index (Phi) is 13.4. The van der Waals surface area contributed by atoms with E-state index in [0.717, 1.165) is 24.0 Å². The summed E-state index contributed by atoms with van der Waals surface area (Å²) in [6.07, 6.45) is 17.2. The Bertz CT molecular complexity index is 943. The topological polar surface area (TPSA) is 78.8 Å². The lowest BCUT2D eigenvalue weighted by atomic mass is 9.98. The van der Waals surface area contributed by atoms with E-state index in [1.807, 2.05) is 30.3 Å². The summed E-state index contributed by atoms with van der Waals surface area (Å²) in [5.41, 5.74) is 4.63. The largest absolute Gasteiger partial charge is 0.449 e. The third kappa shape index (κ3) is 9.28. The maximum absolute atomic E-state index is 12.5. The fourth-order valence-corrected chi connectivity index (χ4v) is 5.33. The number of amides is 1. The predicted molar refractivity (Wildman–Crippen MR) is 155 cm³/mol. The van der Waals surface area contributed by atoms with Gasteiger partial charge in [-0.25, -0.2) is 4.79 Å². The van der Waals surface area contributed by atoms with Crippen molar-refractivity contribution in [3.05, 3.63) is 71.8 Å². The van der Waals surface area contributed by atoms with Gasteiger partial charge in [0.2, 0.25) is 0 Å². The molecule has 5 nitrogen and oxygen atoms in total. The van der Waals surface area contributed by atoms with Crippen molar-refractivity contribution in [2.75, 3.05) is 13.2 Å². The van der Waals surface area contributed by atoms with Gasteiger partial charge in [-0.1, -0.05) is 132 Å². The van der Waals surface area contributed by atoms with Crippen molar-refractivity contribution < 1.29 is 19.7 Å². The lowest BCUT2D eigenvalue weighted by molar-refractivity contribution is 0.0990. The Balaban J connectivity index is 1.32.